The number of nitriles is 1. The van der Waals surface area contributed by atoms with Gasteiger partial charge in [0.05, 0.1) is 0 Å². The van der Waals surface area contributed by atoms with E-state index in [9.17, 15) is 15.2 Å². The van der Waals surface area contributed by atoms with Gasteiger partial charge in [-0.1, -0.05) is 140 Å². The number of benzene rings is 7. The molecule has 2 unspecified atom stereocenters. The molecule has 0 spiro atoms. The summed E-state index contributed by atoms with van der Waals surface area (Å²) >= 11 is 3.51. The molecular formula is C55H42N2O2S2. The molecule has 1 N–H and O–H groups in total. The zero-order valence-electron chi connectivity index (χ0n) is 33.6. The van der Waals surface area contributed by atoms with Gasteiger partial charge in [0.1, 0.15) is 11.6 Å². The van der Waals surface area contributed by atoms with Crippen LogP contribution in [0.15, 0.2) is 210 Å². The Morgan fingerprint density at radius 1 is 0.574 bits per heavy atom. The van der Waals surface area contributed by atoms with Crippen LogP contribution in [0.2, 0.25) is 0 Å². The lowest BCUT2D eigenvalue weighted by Gasteiger charge is -2.29. The van der Waals surface area contributed by atoms with Crippen LogP contribution in [0, 0.1) is 18.3 Å². The summed E-state index contributed by atoms with van der Waals surface area (Å²) in [6.07, 6.45) is 7.68. The molecule has 0 saturated carbocycles. The fourth-order valence-corrected chi connectivity index (χ4v) is 10.9. The van der Waals surface area contributed by atoms with Crippen molar-refractivity contribution in [2.24, 2.45) is 0 Å². The number of thioether (sulfide) groups is 2. The van der Waals surface area contributed by atoms with E-state index in [1.807, 2.05) is 17.8 Å². The van der Waals surface area contributed by atoms with Crippen LogP contribution < -0.4 is 4.90 Å². The lowest BCUT2D eigenvalue weighted by Crippen LogP contribution is -2.12. The Kier molecular flexibility index (Phi) is 11.6. The van der Waals surface area contributed by atoms with Crippen molar-refractivity contribution in [1.82, 2.24) is 0 Å². The summed E-state index contributed by atoms with van der Waals surface area (Å²) in [6, 6.07) is 65.1. The average Bonchev–Trinajstić information content (AvgIpc) is 4.00. The summed E-state index contributed by atoms with van der Waals surface area (Å²) < 4.78 is 0. The van der Waals surface area contributed by atoms with Gasteiger partial charge in [-0.3, -0.25) is 0 Å². The highest BCUT2D eigenvalue weighted by molar-refractivity contribution is 8.09. The molecule has 2 aliphatic heterocycles. The second kappa shape index (κ2) is 17.8. The zero-order chi connectivity index (χ0) is 41.7. The van der Waals surface area contributed by atoms with Gasteiger partial charge in [0, 0.05) is 37.4 Å². The number of allylic oxidation sites excluding steroid dienone is 2. The summed E-state index contributed by atoms with van der Waals surface area (Å²) in [7, 11) is 0. The van der Waals surface area contributed by atoms with Gasteiger partial charge in [0.2, 0.25) is 0 Å². The van der Waals surface area contributed by atoms with Gasteiger partial charge in [-0.25, -0.2) is 4.79 Å². The van der Waals surface area contributed by atoms with Crippen molar-refractivity contribution in [2.45, 2.75) is 30.3 Å². The minimum atomic E-state index is -1.18. The number of hydrogen-bond acceptors (Lipinski definition) is 5. The third kappa shape index (κ3) is 8.76. The average molecular weight is 827 g/mol. The molecule has 0 radical (unpaired) electrons. The van der Waals surface area contributed by atoms with Crippen LogP contribution in [-0.2, 0) is 4.79 Å². The first-order valence-corrected chi connectivity index (χ1v) is 22.2. The molecule has 0 bridgehead atoms. The lowest BCUT2D eigenvalue weighted by molar-refractivity contribution is -0.132. The van der Waals surface area contributed by atoms with Gasteiger partial charge in [0.15, 0.2) is 0 Å². The third-order valence-electron chi connectivity index (χ3n) is 11.2. The molecule has 0 saturated heterocycles. The van der Waals surface area contributed by atoms with E-state index in [1.165, 1.54) is 16.0 Å². The fourth-order valence-electron chi connectivity index (χ4n) is 8.18. The Balaban J connectivity index is 1.14. The number of carboxylic acids is 1. The van der Waals surface area contributed by atoms with E-state index in [4.69, 9.17) is 0 Å². The monoisotopic (exact) mass is 826 g/mol. The van der Waals surface area contributed by atoms with Crippen molar-refractivity contribution in [2.75, 3.05) is 4.90 Å². The Hall–Kier alpha value is -6.78. The highest BCUT2D eigenvalue weighted by atomic mass is 32.2. The van der Waals surface area contributed by atoms with E-state index in [0.29, 0.717) is 6.42 Å². The quantitative estimate of drug-likeness (QED) is 0.104. The van der Waals surface area contributed by atoms with E-state index in [-0.39, 0.29) is 16.1 Å². The maximum absolute atomic E-state index is 11.5. The van der Waals surface area contributed by atoms with Gasteiger partial charge in [-0.2, -0.15) is 5.26 Å². The van der Waals surface area contributed by atoms with Crippen LogP contribution in [0.3, 0.4) is 0 Å². The van der Waals surface area contributed by atoms with E-state index < -0.39 is 5.97 Å². The number of aryl methyl sites for hydroxylation is 1. The van der Waals surface area contributed by atoms with Crippen LogP contribution in [0.25, 0.3) is 44.5 Å². The second-order valence-corrected chi connectivity index (χ2v) is 17.8. The van der Waals surface area contributed by atoms with Crippen LogP contribution in [0.5, 0.6) is 0 Å². The SMILES string of the molecule is Cc1cc(N(c2cc(-c3ccccc3)cc(-c3ccccc3)c2)c2cc(-c3ccccc3)cc(-c3ccccc3)c2)ccc1C1CC=C(C2=CCC(/C=C(\C#N)C(=O)O)S2)S1. The molecule has 7 aromatic carbocycles. The highest BCUT2D eigenvalue weighted by Gasteiger charge is 2.28. The first kappa shape index (κ1) is 39.7. The first-order chi connectivity index (χ1) is 29.9. The standard InChI is InChI=1S/C55H42N2O2S2/c1-37-28-47(22-24-51(37)52-26-27-54(61-52)53-25-23-50(60-53)35-46(36-56)55(58)59)57(48-31-42(38-14-6-2-7-15-38)29-43(32-48)39-16-8-3-9-17-39)49-33-44(40-18-10-4-11-19-40)30-45(34-49)41-20-12-5-13-21-41/h2-22,24-25,27-35,50,52H,23,26H2,1H3,(H,58,59)/b46-35+. The second-order valence-electron chi connectivity index (χ2n) is 15.2. The predicted octanol–water partition coefficient (Wildman–Crippen LogP) is 15.1. The lowest BCUT2D eigenvalue weighted by atomic mass is 9.95. The Morgan fingerprint density at radius 3 is 1.44 bits per heavy atom. The fraction of sp³-hybridized carbons (Fsp3) is 0.0909. The third-order valence-corrected chi connectivity index (χ3v) is 14.0. The molecule has 0 aliphatic carbocycles. The Bertz CT molecular complexity index is 2620. The molecule has 0 aromatic heterocycles. The number of aliphatic carboxylic acids is 1. The summed E-state index contributed by atoms with van der Waals surface area (Å²) in [5, 5.41) is 18.9. The van der Waals surface area contributed by atoms with Crippen LogP contribution >= 0.6 is 23.5 Å². The van der Waals surface area contributed by atoms with Crippen molar-refractivity contribution in [3.63, 3.8) is 0 Å². The predicted molar refractivity (Wildman–Crippen MR) is 256 cm³/mol. The zero-order valence-corrected chi connectivity index (χ0v) is 35.2. The number of carboxylic acid groups (broad SMARTS) is 1. The normalized spacial score (nSPS) is 16.1. The molecule has 9 rings (SSSR count). The van der Waals surface area contributed by atoms with Crippen LogP contribution in [0.4, 0.5) is 17.1 Å². The number of hydrogen-bond donors (Lipinski definition) is 1. The van der Waals surface area contributed by atoms with Crippen LogP contribution in [-0.4, -0.2) is 16.3 Å². The molecular weight excluding hydrogens is 785 g/mol. The van der Waals surface area contributed by atoms with Gasteiger partial charge >= 0.3 is 5.97 Å². The molecule has 0 fully saturated rings. The Labute approximate surface area is 366 Å². The maximum atomic E-state index is 11.5. The van der Waals surface area contributed by atoms with E-state index in [1.54, 1.807) is 17.8 Å². The topological polar surface area (TPSA) is 64.3 Å². The van der Waals surface area contributed by atoms with E-state index in [2.05, 4.69) is 200 Å². The molecule has 2 aliphatic rings. The number of rotatable bonds is 11. The molecule has 296 valence electrons. The highest BCUT2D eigenvalue weighted by Crippen LogP contribution is 2.53. The van der Waals surface area contributed by atoms with Gasteiger partial charge < -0.3 is 10.0 Å². The molecule has 2 heterocycles. The molecule has 7 aromatic rings. The van der Waals surface area contributed by atoms with Gasteiger partial charge in [-0.05, 0) is 130 Å². The smallest absolute Gasteiger partial charge is 0.346 e. The largest absolute Gasteiger partial charge is 0.477 e. The minimum Gasteiger partial charge on any atom is -0.477 e. The summed E-state index contributed by atoms with van der Waals surface area (Å²) in [5.74, 6) is -1.18. The van der Waals surface area contributed by atoms with Gasteiger partial charge in [0.25, 0.3) is 0 Å². The van der Waals surface area contributed by atoms with Crippen molar-refractivity contribution >= 4 is 46.6 Å². The molecule has 2 atom stereocenters. The number of anilines is 3. The molecule has 0 amide bonds. The van der Waals surface area contributed by atoms with Crippen molar-refractivity contribution in [3.05, 3.63) is 221 Å². The van der Waals surface area contributed by atoms with Gasteiger partial charge in [-0.15, -0.1) is 23.5 Å². The molecule has 4 nitrogen and oxygen atoms in total. The van der Waals surface area contributed by atoms with E-state index >= 15 is 0 Å². The van der Waals surface area contributed by atoms with Crippen molar-refractivity contribution in [1.29, 1.82) is 5.26 Å². The number of carbonyl (C=O) groups is 1. The minimum absolute atomic E-state index is 0.0566. The number of nitrogens with zero attached hydrogens (tertiary/aromatic N) is 2. The van der Waals surface area contributed by atoms with Crippen molar-refractivity contribution < 1.29 is 9.90 Å². The summed E-state index contributed by atoms with van der Waals surface area (Å²) in [5.41, 5.74) is 14.7. The summed E-state index contributed by atoms with van der Waals surface area (Å²) in [4.78, 5) is 16.3. The molecule has 6 heteroatoms. The summed E-state index contributed by atoms with van der Waals surface area (Å²) in [6.45, 7) is 2.22. The first-order valence-electron chi connectivity index (χ1n) is 20.4. The molecule has 61 heavy (non-hydrogen) atoms. The van der Waals surface area contributed by atoms with Crippen molar-refractivity contribution in [3.8, 4) is 50.6 Å². The van der Waals surface area contributed by atoms with E-state index in [0.717, 1.165) is 72.9 Å². The van der Waals surface area contributed by atoms with Crippen LogP contribution in [0.1, 0.15) is 29.2 Å². The Morgan fingerprint density at radius 2 is 1.02 bits per heavy atom. The maximum Gasteiger partial charge on any atom is 0.346 e.